The van der Waals surface area contributed by atoms with Gasteiger partial charge in [0.05, 0.1) is 5.38 Å². The minimum absolute atomic E-state index is 0.239. The van der Waals surface area contributed by atoms with Crippen LogP contribution >= 0.6 is 34.8 Å². The molecule has 1 heterocycles. The Bertz CT molecular complexity index is 468. The molecule has 1 aromatic heterocycles. The number of hydrogen-bond acceptors (Lipinski definition) is 1. The van der Waals surface area contributed by atoms with Gasteiger partial charge in [-0.3, -0.25) is 0 Å². The van der Waals surface area contributed by atoms with Gasteiger partial charge in [0.25, 0.3) is 0 Å². The first-order valence-electron chi connectivity index (χ1n) is 4.74. The Morgan fingerprint density at radius 2 is 2.12 bits per heavy atom. The van der Waals surface area contributed by atoms with Crippen LogP contribution in [-0.2, 0) is 6.42 Å². The maximum Gasteiger partial charge on any atom is 0.107 e. The van der Waals surface area contributed by atoms with Crippen LogP contribution in [0.2, 0.25) is 10.0 Å². The van der Waals surface area contributed by atoms with Gasteiger partial charge in [-0.05, 0) is 23.8 Å². The lowest BCUT2D eigenvalue weighted by Crippen LogP contribution is -1.98. The van der Waals surface area contributed by atoms with Crippen molar-refractivity contribution in [3.05, 3.63) is 52.0 Å². The summed E-state index contributed by atoms with van der Waals surface area (Å²) >= 11 is 18.2. The molecule has 0 aliphatic heterocycles. The summed E-state index contributed by atoms with van der Waals surface area (Å²) in [5.41, 5.74) is 0.826. The van der Waals surface area contributed by atoms with Gasteiger partial charge in [-0.15, -0.1) is 11.6 Å². The summed E-state index contributed by atoms with van der Waals surface area (Å²) in [7, 11) is 0. The van der Waals surface area contributed by atoms with Gasteiger partial charge in [0.1, 0.15) is 5.82 Å². The van der Waals surface area contributed by atoms with E-state index in [2.05, 4.69) is 9.97 Å². The highest BCUT2D eigenvalue weighted by molar-refractivity contribution is 6.34. The van der Waals surface area contributed by atoms with E-state index in [9.17, 15) is 0 Å². The molecule has 0 saturated carbocycles. The number of alkyl halides is 1. The molecule has 0 bridgehead atoms. The smallest absolute Gasteiger partial charge is 0.107 e. The normalized spacial score (nSPS) is 12.7. The molecule has 1 aromatic carbocycles. The third-order valence-corrected chi connectivity index (χ3v) is 3.19. The van der Waals surface area contributed by atoms with Gasteiger partial charge in [0.2, 0.25) is 0 Å². The zero-order valence-electron chi connectivity index (χ0n) is 8.25. The monoisotopic (exact) mass is 274 g/mol. The van der Waals surface area contributed by atoms with Crippen LogP contribution in [0.25, 0.3) is 0 Å². The van der Waals surface area contributed by atoms with Crippen LogP contribution in [-0.4, -0.2) is 9.97 Å². The minimum atomic E-state index is -0.239. The molecule has 0 fully saturated rings. The molecule has 5 heteroatoms. The summed E-state index contributed by atoms with van der Waals surface area (Å²) in [6.45, 7) is 0. The molecule has 16 heavy (non-hydrogen) atoms. The highest BCUT2D eigenvalue weighted by Gasteiger charge is 2.14. The lowest BCUT2D eigenvalue weighted by atomic mass is 10.1. The number of H-pyrrole nitrogens is 1. The molecular formula is C11H9Cl3N2. The predicted molar refractivity (Wildman–Crippen MR) is 67.3 cm³/mol. The van der Waals surface area contributed by atoms with Crippen molar-refractivity contribution in [1.29, 1.82) is 0 Å². The summed E-state index contributed by atoms with van der Waals surface area (Å²) in [4.78, 5) is 7.12. The van der Waals surface area contributed by atoms with Crippen LogP contribution in [0.1, 0.15) is 16.8 Å². The van der Waals surface area contributed by atoms with Crippen molar-refractivity contribution < 1.29 is 0 Å². The summed E-state index contributed by atoms with van der Waals surface area (Å²) in [6.07, 6.45) is 4.05. The molecule has 0 spiro atoms. The fraction of sp³-hybridized carbons (Fsp3) is 0.182. The van der Waals surface area contributed by atoms with Gasteiger partial charge < -0.3 is 4.98 Å². The summed E-state index contributed by atoms with van der Waals surface area (Å²) in [5.74, 6) is 0.830. The molecule has 0 aliphatic carbocycles. The van der Waals surface area contributed by atoms with Crippen molar-refractivity contribution in [3.8, 4) is 0 Å². The molecule has 0 amide bonds. The van der Waals surface area contributed by atoms with E-state index in [0.717, 1.165) is 11.4 Å². The Morgan fingerprint density at radius 3 is 2.81 bits per heavy atom. The van der Waals surface area contributed by atoms with Crippen LogP contribution in [0.15, 0.2) is 30.6 Å². The van der Waals surface area contributed by atoms with E-state index >= 15 is 0 Å². The van der Waals surface area contributed by atoms with Gasteiger partial charge in [0, 0.05) is 28.9 Å². The van der Waals surface area contributed by atoms with Gasteiger partial charge in [-0.25, -0.2) is 4.98 Å². The molecule has 0 radical (unpaired) electrons. The SMILES string of the molecule is Clc1ccc(Cl)c(C(Cl)Cc2ncc[nH]2)c1. The van der Waals surface area contributed by atoms with Gasteiger partial charge in [-0.2, -0.15) is 0 Å². The molecule has 1 atom stereocenters. The summed E-state index contributed by atoms with van der Waals surface area (Å²) in [5, 5.41) is 1.01. The number of aromatic nitrogens is 2. The van der Waals surface area contributed by atoms with Crippen molar-refractivity contribution in [2.75, 3.05) is 0 Å². The van der Waals surface area contributed by atoms with Crippen LogP contribution in [0.3, 0.4) is 0 Å². The molecule has 1 unspecified atom stereocenters. The zero-order valence-corrected chi connectivity index (χ0v) is 10.5. The van der Waals surface area contributed by atoms with Crippen LogP contribution in [0, 0.1) is 0 Å². The van der Waals surface area contributed by atoms with Crippen molar-refractivity contribution in [2.24, 2.45) is 0 Å². The van der Waals surface area contributed by atoms with E-state index in [0.29, 0.717) is 16.5 Å². The average molecular weight is 276 g/mol. The summed E-state index contributed by atoms with van der Waals surface area (Å²) < 4.78 is 0. The molecule has 1 N–H and O–H groups in total. The van der Waals surface area contributed by atoms with Crippen LogP contribution in [0.4, 0.5) is 0 Å². The maximum atomic E-state index is 6.27. The van der Waals surface area contributed by atoms with E-state index < -0.39 is 0 Å². The van der Waals surface area contributed by atoms with E-state index in [1.54, 1.807) is 30.6 Å². The first-order chi connectivity index (χ1) is 7.66. The fourth-order valence-electron chi connectivity index (χ4n) is 1.44. The Kier molecular flexibility index (Phi) is 3.74. The Balaban J connectivity index is 2.20. The van der Waals surface area contributed by atoms with E-state index in [1.165, 1.54) is 0 Å². The van der Waals surface area contributed by atoms with Crippen LogP contribution in [0.5, 0.6) is 0 Å². The Labute approximate surface area is 109 Å². The number of benzene rings is 1. The lowest BCUT2D eigenvalue weighted by molar-refractivity contribution is 0.855. The number of rotatable bonds is 3. The number of nitrogens with one attached hydrogen (secondary N) is 1. The second-order valence-electron chi connectivity index (χ2n) is 3.37. The summed E-state index contributed by atoms with van der Waals surface area (Å²) in [6, 6.07) is 5.27. The molecule has 2 nitrogen and oxygen atoms in total. The van der Waals surface area contributed by atoms with Gasteiger partial charge in [-0.1, -0.05) is 23.2 Å². The van der Waals surface area contributed by atoms with E-state index in [4.69, 9.17) is 34.8 Å². The number of aromatic amines is 1. The Hall–Kier alpha value is -0.700. The average Bonchev–Trinajstić information content (AvgIpc) is 2.74. The molecule has 84 valence electrons. The van der Waals surface area contributed by atoms with Crippen molar-refractivity contribution in [1.82, 2.24) is 9.97 Å². The largest absolute Gasteiger partial charge is 0.349 e. The number of halogens is 3. The first kappa shape index (κ1) is 11.8. The molecule has 2 rings (SSSR count). The number of nitrogens with zero attached hydrogens (tertiary/aromatic N) is 1. The molecule has 0 saturated heterocycles. The van der Waals surface area contributed by atoms with E-state index in [1.807, 2.05) is 0 Å². The second-order valence-corrected chi connectivity index (χ2v) is 4.74. The minimum Gasteiger partial charge on any atom is -0.349 e. The standard InChI is InChI=1S/C11H9Cl3N2/c12-7-1-2-9(13)8(5-7)10(14)6-11-15-3-4-16-11/h1-5,10H,6H2,(H,15,16). The highest BCUT2D eigenvalue weighted by atomic mass is 35.5. The van der Waals surface area contributed by atoms with Crippen molar-refractivity contribution in [2.45, 2.75) is 11.8 Å². The predicted octanol–water partition coefficient (Wildman–Crippen LogP) is 4.24. The third-order valence-electron chi connectivity index (χ3n) is 2.22. The fourth-order valence-corrected chi connectivity index (χ4v) is 2.26. The Morgan fingerprint density at radius 1 is 1.31 bits per heavy atom. The quantitative estimate of drug-likeness (QED) is 0.834. The first-order valence-corrected chi connectivity index (χ1v) is 5.93. The zero-order chi connectivity index (χ0) is 11.5. The van der Waals surface area contributed by atoms with E-state index in [-0.39, 0.29) is 5.38 Å². The van der Waals surface area contributed by atoms with Gasteiger partial charge >= 0.3 is 0 Å². The number of imidazole rings is 1. The van der Waals surface area contributed by atoms with Crippen molar-refractivity contribution >= 4 is 34.8 Å². The van der Waals surface area contributed by atoms with Crippen LogP contribution < -0.4 is 0 Å². The molecule has 0 aliphatic rings. The van der Waals surface area contributed by atoms with Gasteiger partial charge in [0.15, 0.2) is 0 Å². The molecular weight excluding hydrogens is 266 g/mol. The highest BCUT2D eigenvalue weighted by Crippen LogP contribution is 2.32. The third kappa shape index (κ3) is 2.70. The second kappa shape index (κ2) is 5.09. The number of hydrogen-bond donors (Lipinski definition) is 1. The molecule has 2 aromatic rings. The topological polar surface area (TPSA) is 28.7 Å². The lowest BCUT2D eigenvalue weighted by Gasteiger charge is -2.10. The van der Waals surface area contributed by atoms with Crippen molar-refractivity contribution in [3.63, 3.8) is 0 Å². The maximum absolute atomic E-state index is 6.27.